The number of nitriles is 1. The highest BCUT2D eigenvalue weighted by Gasteiger charge is 2.36. The fourth-order valence-corrected chi connectivity index (χ4v) is 3.44. The Bertz CT molecular complexity index is 1030. The van der Waals surface area contributed by atoms with Gasteiger partial charge in [0.25, 0.3) is 5.91 Å². The third-order valence-electron chi connectivity index (χ3n) is 4.60. The minimum absolute atomic E-state index is 0.174. The topological polar surface area (TPSA) is 73.2 Å². The van der Waals surface area contributed by atoms with E-state index in [0.717, 1.165) is 12.1 Å². The molecule has 1 N–H and O–H groups in total. The second kappa shape index (κ2) is 7.76. The van der Waals surface area contributed by atoms with Crippen molar-refractivity contribution in [1.82, 2.24) is 0 Å². The molecule has 150 valence electrons. The zero-order valence-electron chi connectivity index (χ0n) is 15.2. The van der Waals surface area contributed by atoms with E-state index >= 15 is 0 Å². The number of carbonyl (C=O) groups is 2. The van der Waals surface area contributed by atoms with E-state index in [0.29, 0.717) is 23.2 Å². The maximum absolute atomic E-state index is 13.3. The molecule has 5 nitrogen and oxygen atoms in total. The zero-order valence-corrected chi connectivity index (χ0v) is 15.9. The summed E-state index contributed by atoms with van der Waals surface area (Å²) in [7, 11) is 0. The molecule has 2 amide bonds. The number of hydrogen-bond acceptors (Lipinski definition) is 3. The minimum Gasteiger partial charge on any atom is -0.325 e. The molecule has 0 spiro atoms. The molecule has 29 heavy (non-hydrogen) atoms. The lowest BCUT2D eigenvalue weighted by atomic mass is 10.0. The third kappa shape index (κ3) is 4.05. The number of nitrogens with zero attached hydrogens (tertiary/aromatic N) is 2. The van der Waals surface area contributed by atoms with Crippen LogP contribution >= 0.6 is 11.6 Å². The number of fused-ring (bicyclic) bond motifs is 1. The molecule has 2 aromatic rings. The van der Waals surface area contributed by atoms with Crippen LogP contribution in [0.2, 0.25) is 0 Å². The van der Waals surface area contributed by atoms with Crippen molar-refractivity contribution in [2.45, 2.75) is 25.6 Å². The van der Waals surface area contributed by atoms with Gasteiger partial charge >= 0.3 is 6.18 Å². The maximum Gasteiger partial charge on any atom is 0.416 e. The molecule has 0 saturated carbocycles. The van der Waals surface area contributed by atoms with Crippen molar-refractivity contribution >= 4 is 34.8 Å². The van der Waals surface area contributed by atoms with Crippen molar-refractivity contribution in [3.63, 3.8) is 0 Å². The van der Waals surface area contributed by atoms with Crippen molar-refractivity contribution in [1.29, 1.82) is 5.26 Å². The van der Waals surface area contributed by atoms with Gasteiger partial charge in [0.1, 0.15) is 5.88 Å². The molecule has 0 radical (unpaired) electrons. The van der Waals surface area contributed by atoms with Crippen LogP contribution in [0.25, 0.3) is 0 Å². The molecule has 9 heteroatoms. The lowest BCUT2D eigenvalue weighted by Crippen LogP contribution is -2.36. The van der Waals surface area contributed by atoms with E-state index in [4.69, 9.17) is 11.6 Å². The molecule has 1 aliphatic heterocycles. The molecule has 1 heterocycles. The lowest BCUT2D eigenvalue weighted by molar-refractivity contribution is -0.137. The third-order valence-corrected chi connectivity index (χ3v) is 4.85. The predicted octanol–water partition coefficient (Wildman–Crippen LogP) is 4.35. The highest BCUT2D eigenvalue weighted by atomic mass is 35.5. The van der Waals surface area contributed by atoms with Crippen molar-refractivity contribution < 1.29 is 22.8 Å². The Hall–Kier alpha value is -3.05. The van der Waals surface area contributed by atoms with E-state index in [1.807, 2.05) is 0 Å². The molecule has 2 aromatic carbocycles. The molecular weight excluding hydrogens is 407 g/mol. The summed E-state index contributed by atoms with van der Waals surface area (Å²) in [6.45, 7) is 1.75. The highest BCUT2D eigenvalue weighted by molar-refractivity contribution is 6.29. The molecule has 3 rings (SSSR count). The van der Waals surface area contributed by atoms with Gasteiger partial charge in [-0.25, -0.2) is 0 Å². The molecule has 1 unspecified atom stereocenters. The number of rotatable bonds is 3. The Kier molecular flexibility index (Phi) is 5.53. The van der Waals surface area contributed by atoms with E-state index < -0.39 is 29.4 Å². The van der Waals surface area contributed by atoms with Crippen LogP contribution in [0.1, 0.15) is 34.0 Å². The van der Waals surface area contributed by atoms with E-state index in [-0.39, 0.29) is 17.3 Å². The van der Waals surface area contributed by atoms with Gasteiger partial charge in [0.2, 0.25) is 5.91 Å². The first-order valence-electron chi connectivity index (χ1n) is 8.59. The first kappa shape index (κ1) is 20.7. The fourth-order valence-electron chi connectivity index (χ4n) is 3.37. The van der Waals surface area contributed by atoms with Gasteiger partial charge in [-0.1, -0.05) is 6.07 Å². The first-order chi connectivity index (χ1) is 13.7. The first-order valence-corrected chi connectivity index (χ1v) is 9.12. The number of anilines is 2. The Morgan fingerprint density at radius 2 is 2.03 bits per heavy atom. The van der Waals surface area contributed by atoms with Crippen molar-refractivity contribution in [2.24, 2.45) is 0 Å². The number of nitrogens with one attached hydrogen (secondary N) is 1. The van der Waals surface area contributed by atoms with Gasteiger partial charge in [-0.2, -0.15) is 18.4 Å². The van der Waals surface area contributed by atoms with Gasteiger partial charge in [-0.05, 0) is 49.2 Å². The summed E-state index contributed by atoms with van der Waals surface area (Å²) >= 11 is 5.41. The second-order valence-electron chi connectivity index (χ2n) is 6.62. The smallest absolute Gasteiger partial charge is 0.325 e. The fraction of sp³-hybridized carbons (Fsp3) is 0.250. The van der Waals surface area contributed by atoms with Crippen LogP contribution in [-0.4, -0.2) is 23.7 Å². The van der Waals surface area contributed by atoms with Crippen LogP contribution in [0.5, 0.6) is 0 Å². The molecule has 0 fully saturated rings. The Labute approximate surface area is 169 Å². The summed E-state index contributed by atoms with van der Waals surface area (Å²) in [5, 5.41) is 11.5. The van der Waals surface area contributed by atoms with Crippen LogP contribution in [0.15, 0.2) is 36.4 Å². The van der Waals surface area contributed by atoms with Crippen LogP contribution in [-0.2, 0) is 17.4 Å². The van der Waals surface area contributed by atoms with E-state index in [2.05, 4.69) is 11.4 Å². The number of hydrogen-bond donors (Lipinski definition) is 1. The second-order valence-corrected chi connectivity index (χ2v) is 6.89. The van der Waals surface area contributed by atoms with Gasteiger partial charge < -0.3 is 10.2 Å². The van der Waals surface area contributed by atoms with Crippen LogP contribution in [0.4, 0.5) is 24.5 Å². The van der Waals surface area contributed by atoms with Crippen molar-refractivity contribution in [2.75, 3.05) is 16.1 Å². The molecule has 0 aromatic heterocycles. The number of halogens is 4. The maximum atomic E-state index is 13.3. The summed E-state index contributed by atoms with van der Waals surface area (Å²) < 4.78 is 40.0. The normalized spacial score (nSPS) is 15.6. The number of amides is 2. The Morgan fingerprint density at radius 1 is 1.31 bits per heavy atom. The van der Waals surface area contributed by atoms with E-state index in [1.165, 1.54) is 11.0 Å². The average Bonchev–Trinajstić information content (AvgIpc) is 3.02. The van der Waals surface area contributed by atoms with Gasteiger partial charge in [0.15, 0.2) is 0 Å². The monoisotopic (exact) mass is 421 g/mol. The van der Waals surface area contributed by atoms with Gasteiger partial charge in [-0.3, -0.25) is 9.59 Å². The molecule has 0 saturated heterocycles. The number of carbonyl (C=O) groups excluding carboxylic acids is 2. The Balaban J connectivity index is 2.07. The van der Waals surface area contributed by atoms with Crippen molar-refractivity contribution in [3.8, 4) is 6.07 Å². The standard InChI is InChI=1S/C20H15ClF3N3O2/c1-11-5-16-12(10-25)3-2-4-17(16)27(11)19(29)13-6-14(20(22,23)24)8-15(7-13)26-18(28)9-21/h2-4,6-8,11H,5,9H2,1H3,(H,26,28). The predicted molar refractivity (Wildman–Crippen MR) is 102 cm³/mol. The van der Waals surface area contributed by atoms with Crippen molar-refractivity contribution in [3.05, 3.63) is 58.7 Å². The Morgan fingerprint density at radius 3 is 2.66 bits per heavy atom. The minimum atomic E-state index is -4.71. The summed E-state index contributed by atoms with van der Waals surface area (Å²) in [5.74, 6) is -1.78. The van der Waals surface area contributed by atoms with Gasteiger partial charge in [0, 0.05) is 23.0 Å². The summed E-state index contributed by atoms with van der Waals surface area (Å²) in [6, 6.07) is 9.30. The summed E-state index contributed by atoms with van der Waals surface area (Å²) in [6.07, 6.45) is -4.29. The zero-order chi connectivity index (χ0) is 21.3. The van der Waals surface area contributed by atoms with Crippen LogP contribution in [0.3, 0.4) is 0 Å². The molecular formula is C20H15ClF3N3O2. The number of alkyl halides is 4. The average molecular weight is 422 g/mol. The largest absolute Gasteiger partial charge is 0.416 e. The van der Waals surface area contributed by atoms with Gasteiger partial charge in [-0.15, -0.1) is 11.6 Å². The van der Waals surface area contributed by atoms with Crippen LogP contribution in [0, 0.1) is 11.3 Å². The molecule has 0 aliphatic carbocycles. The highest BCUT2D eigenvalue weighted by Crippen LogP contribution is 2.37. The number of benzene rings is 2. The quantitative estimate of drug-likeness (QED) is 0.749. The SMILES string of the molecule is CC1Cc2c(C#N)cccc2N1C(=O)c1cc(NC(=O)CCl)cc(C(F)(F)F)c1. The summed E-state index contributed by atoms with van der Waals surface area (Å²) in [4.78, 5) is 26.0. The van der Waals surface area contributed by atoms with Crippen LogP contribution < -0.4 is 10.2 Å². The van der Waals surface area contributed by atoms with E-state index in [9.17, 15) is 28.0 Å². The molecule has 1 aliphatic rings. The lowest BCUT2D eigenvalue weighted by Gasteiger charge is -2.23. The van der Waals surface area contributed by atoms with Gasteiger partial charge in [0.05, 0.1) is 17.2 Å². The molecule has 0 bridgehead atoms. The van der Waals surface area contributed by atoms with E-state index in [1.54, 1.807) is 25.1 Å². The molecule has 1 atom stereocenters. The summed E-state index contributed by atoms with van der Waals surface area (Å²) in [5.41, 5.74) is 0.122.